The number of nitrogens with zero attached hydrogens (tertiary/aromatic N) is 2. The van der Waals surface area contributed by atoms with Crippen LogP contribution in [-0.4, -0.2) is 45.4 Å². The Kier molecular flexibility index (Phi) is 5.20. The fourth-order valence-electron chi connectivity index (χ4n) is 3.82. The van der Waals surface area contributed by atoms with Crippen LogP contribution >= 0.6 is 15.9 Å². The van der Waals surface area contributed by atoms with Gasteiger partial charge in [-0.25, -0.2) is 8.42 Å². The molecule has 0 saturated carbocycles. The maximum Gasteiger partial charge on any atom is 0.258 e. The van der Waals surface area contributed by atoms with Gasteiger partial charge in [0.15, 0.2) is 0 Å². The van der Waals surface area contributed by atoms with Crippen LogP contribution in [0.4, 0.5) is 5.69 Å². The van der Waals surface area contributed by atoms with Crippen LogP contribution in [0, 0.1) is 0 Å². The van der Waals surface area contributed by atoms with E-state index in [2.05, 4.69) is 15.9 Å². The second kappa shape index (κ2) is 7.50. The molecular weight excluding hydrogens is 444 g/mol. The first-order valence-electron chi connectivity index (χ1n) is 9.20. The van der Waals surface area contributed by atoms with Crippen LogP contribution in [0.5, 0.6) is 5.75 Å². The summed E-state index contributed by atoms with van der Waals surface area (Å²) < 4.78 is 33.8. The Bertz CT molecular complexity index is 1030. The molecule has 0 aliphatic carbocycles. The number of hydrogen-bond acceptors (Lipinski definition) is 4. The number of fused-ring (bicyclic) bond motifs is 1. The van der Waals surface area contributed by atoms with Crippen LogP contribution in [0.25, 0.3) is 0 Å². The first-order chi connectivity index (χ1) is 13.4. The molecule has 2 heterocycles. The zero-order chi connectivity index (χ0) is 19.9. The number of rotatable bonds is 4. The predicted molar refractivity (Wildman–Crippen MR) is 111 cm³/mol. The van der Waals surface area contributed by atoms with Gasteiger partial charge in [-0.05, 0) is 61.2 Å². The van der Waals surface area contributed by atoms with Crippen LogP contribution in [0.1, 0.15) is 28.8 Å². The molecule has 8 heteroatoms. The number of hydrogen-bond donors (Lipinski definition) is 0. The Hall–Kier alpha value is -1.90. The van der Waals surface area contributed by atoms with E-state index >= 15 is 0 Å². The third-order valence-corrected chi connectivity index (χ3v) is 7.69. The summed E-state index contributed by atoms with van der Waals surface area (Å²) in [4.78, 5) is 14.9. The molecule has 1 fully saturated rings. The fraction of sp³-hybridized carbons (Fsp3) is 0.350. The van der Waals surface area contributed by atoms with Gasteiger partial charge in [0, 0.05) is 35.4 Å². The molecule has 2 aliphatic rings. The van der Waals surface area contributed by atoms with E-state index in [0.717, 1.165) is 35.0 Å². The Morgan fingerprint density at radius 2 is 1.82 bits per heavy atom. The van der Waals surface area contributed by atoms with Crippen molar-refractivity contribution in [2.75, 3.05) is 31.6 Å². The quantitative estimate of drug-likeness (QED) is 0.694. The van der Waals surface area contributed by atoms with Crippen molar-refractivity contribution in [1.82, 2.24) is 4.31 Å². The van der Waals surface area contributed by atoms with Crippen LogP contribution in [0.3, 0.4) is 0 Å². The van der Waals surface area contributed by atoms with E-state index in [0.29, 0.717) is 25.2 Å². The minimum Gasteiger partial charge on any atom is -0.495 e. The lowest BCUT2D eigenvalue weighted by Crippen LogP contribution is -2.30. The van der Waals surface area contributed by atoms with Crippen LogP contribution < -0.4 is 9.64 Å². The normalized spacial score (nSPS) is 17.0. The van der Waals surface area contributed by atoms with Crippen molar-refractivity contribution in [3.05, 3.63) is 52.0 Å². The molecule has 2 aromatic carbocycles. The first kappa shape index (κ1) is 19.4. The number of halogens is 1. The highest BCUT2D eigenvalue weighted by molar-refractivity contribution is 9.10. The van der Waals surface area contributed by atoms with Gasteiger partial charge < -0.3 is 9.64 Å². The van der Waals surface area contributed by atoms with Gasteiger partial charge in [-0.2, -0.15) is 4.31 Å². The lowest BCUT2D eigenvalue weighted by molar-refractivity contribution is 0.0989. The third kappa shape index (κ3) is 3.33. The second-order valence-corrected chi connectivity index (χ2v) is 9.78. The van der Waals surface area contributed by atoms with Crippen molar-refractivity contribution in [3.63, 3.8) is 0 Å². The second-order valence-electron chi connectivity index (χ2n) is 6.96. The van der Waals surface area contributed by atoms with Gasteiger partial charge in [0.1, 0.15) is 10.6 Å². The number of amides is 1. The molecule has 0 aromatic heterocycles. The van der Waals surface area contributed by atoms with Crippen molar-refractivity contribution < 1.29 is 17.9 Å². The van der Waals surface area contributed by atoms with Crippen molar-refractivity contribution in [1.29, 1.82) is 0 Å². The van der Waals surface area contributed by atoms with Gasteiger partial charge in [-0.15, -0.1) is 0 Å². The standard InChI is InChI=1S/C20H21BrN2O4S/c1-27-18-7-4-15(13-19(18)28(25,26)22-9-2-3-10-22)20(24)23-11-8-14-12-16(21)5-6-17(14)23/h4-7,12-13H,2-3,8-11H2,1H3. The van der Waals surface area contributed by atoms with E-state index in [-0.39, 0.29) is 16.6 Å². The summed E-state index contributed by atoms with van der Waals surface area (Å²) in [6, 6.07) is 10.5. The topological polar surface area (TPSA) is 66.9 Å². The lowest BCUT2D eigenvalue weighted by atomic mass is 10.1. The molecule has 0 radical (unpaired) electrons. The number of sulfonamides is 1. The minimum absolute atomic E-state index is 0.0537. The molecule has 1 amide bonds. The average Bonchev–Trinajstić information content (AvgIpc) is 3.37. The summed E-state index contributed by atoms with van der Waals surface area (Å²) in [6.45, 7) is 1.57. The van der Waals surface area contributed by atoms with E-state index in [1.54, 1.807) is 17.0 Å². The van der Waals surface area contributed by atoms with Crippen LogP contribution in [0.15, 0.2) is 45.8 Å². The largest absolute Gasteiger partial charge is 0.495 e. The van der Waals surface area contributed by atoms with Crippen molar-refractivity contribution in [3.8, 4) is 5.75 Å². The molecule has 1 saturated heterocycles. The summed E-state index contributed by atoms with van der Waals surface area (Å²) in [5.41, 5.74) is 2.31. The average molecular weight is 465 g/mol. The predicted octanol–water partition coefficient (Wildman–Crippen LogP) is 3.45. The Balaban J connectivity index is 1.71. The number of methoxy groups -OCH3 is 1. The molecule has 0 spiro atoms. The van der Waals surface area contributed by atoms with E-state index in [1.165, 1.54) is 17.5 Å². The summed E-state index contributed by atoms with van der Waals surface area (Å²) >= 11 is 3.46. The Labute approximate surface area is 173 Å². The highest BCUT2D eigenvalue weighted by atomic mass is 79.9. The maximum absolute atomic E-state index is 13.2. The van der Waals surface area contributed by atoms with Gasteiger partial charge in [-0.3, -0.25) is 4.79 Å². The maximum atomic E-state index is 13.2. The molecule has 148 valence electrons. The zero-order valence-corrected chi connectivity index (χ0v) is 17.9. The van der Waals surface area contributed by atoms with Crippen LogP contribution in [-0.2, 0) is 16.4 Å². The molecule has 2 aliphatic heterocycles. The summed E-state index contributed by atoms with van der Waals surface area (Å²) in [5.74, 6) is 0.0517. The molecule has 0 atom stereocenters. The van der Waals surface area contributed by atoms with Gasteiger partial charge in [0.05, 0.1) is 7.11 Å². The van der Waals surface area contributed by atoms with Crippen molar-refractivity contribution in [2.45, 2.75) is 24.2 Å². The summed E-state index contributed by atoms with van der Waals surface area (Å²) in [6.07, 6.45) is 2.47. The van der Waals surface area contributed by atoms with Gasteiger partial charge in [-0.1, -0.05) is 15.9 Å². The highest BCUT2D eigenvalue weighted by Gasteiger charge is 2.32. The van der Waals surface area contributed by atoms with Crippen molar-refractivity contribution in [2.24, 2.45) is 0 Å². The smallest absolute Gasteiger partial charge is 0.258 e. The van der Waals surface area contributed by atoms with Crippen LogP contribution in [0.2, 0.25) is 0 Å². The lowest BCUT2D eigenvalue weighted by Gasteiger charge is -2.20. The molecule has 4 rings (SSSR count). The van der Waals surface area contributed by atoms with E-state index in [4.69, 9.17) is 4.74 Å². The zero-order valence-electron chi connectivity index (χ0n) is 15.5. The Morgan fingerprint density at radius 3 is 2.54 bits per heavy atom. The van der Waals surface area contributed by atoms with Crippen molar-refractivity contribution >= 4 is 37.5 Å². The number of carbonyl (C=O) groups is 1. The van der Waals surface area contributed by atoms with Gasteiger partial charge in [0.25, 0.3) is 5.91 Å². The highest BCUT2D eigenvalue weighted by Crippen LogP contribution is 2.34. The number of anilines is 1. The van der Waals surface area contributed by atoms with Gasteiger partial charge in [0.2, 0.25) is 10.0 Å². The Morgan fingerprint density at radius 1 is 1.07 bits per heavy atom. The molecule has 0 bridgehead atoms. The SMILES string of the molecule is COc1ccc(C(=O)N2CCc3cc(Br)ccc32)cc1S(=O)(=O)N1CCCC1. The van der Waals surface area contributed by atoms with E-state index in [1.807, 2.05) is 18.2 Å². The third-order valence-electron chi connectivity index (χ3n) is 5.28. The molecule has 0 unspecified atom stereocenters. The molecule has 28 heavy (non-hydrogen) atoms. The molecule has 0 N–H and O–H groups in total. The minimum atomic E-state index is -3.70. The van der Waals surface area contributed by atoms with E-state index in [9.17, 15) is 13.2 Å². The number of benzene rings is 2. The van der Waals surface area contributed by atoms with Gasteiger partial charge >= 0.3 is 0 Å². The molecule has 6 nitrogen and oxygen atoms in total. The fourth-order valence-corrected chi connectivity index (χ4v) is 5.92. The monoisotopic (exact) mass is 464 g/mol. The van der Waals surface area contributed by atoms with E-state index < -0.39 is 10.0 Å². The first-order valence-corrected chi connectivity index (χ1v) is 11.4. The summed E-state index contributed by atoms with van der Waals surface area (Å²) in [5, 5.41) is 0. The number of carbonyl (C=O) groups excluding carboxylic acids is 1. The summed E-state index contributed by atoms with van der Waals surface area (Å²) in [7, 11) is -2.26. The number of ether oxygens (including phenoxy) is 1. The molecule has 2 aromatic rings. The molecular formula is C20H21BrN2O4S.